The van der Waals surface area contributed by atoms with E-state index in [0.29, 0.717) is 18.8 Å². The zero-order valence-corrected chi connectivity index (χ0v) is 28.5. The largest absolute Gasteiger partial charge is 0.497 e. The van der Waals surface area contributed by atoms with Crippen molar-refractivity contribution in [1.82, 2.24) is 16.0 Å². The SMILES string of the molecule is COc1ccc(C[C@H](NC(=O)Cc2ccc3ccccc3c2)C(=O)N[C@@H](Cc2ccccc2)C(=O)N[C@@H](CC(C)C)C(=O)[C@@]2(C)CO2)cc1. The van der Waals surface area contributed by atoms with Crippen molar-refractivity contribution in [1.29, 1.82) is 0 Å². The lowest BCUT2D eigenvalue weighted by Crippen LogP contribution is -2.57. The molecule has 256 valence electrons. The highest BCUT2D eigenvalue weighted by atomic mass is 16.6. The van der Waals surface area contributed by atoms with Gasteiger partial charge in [-0.1, -0.05) is 98.8 Å². The highest BCUT2D eigenvalue weighted by Crippen LogP contribution is 2.29. The predicted octanol–water partition coefficient (Wildman–Crippen LogP) is 4.73. The van der Waals surface area contributed by atoms with Crippen LogP contribution in [-0.2, 0) is 43.2 Å². The van der Waals surface area contributed by atoms with E-state index >= 15 is 0 Å². The van der Waals surface area contributed by atoms with Crippen LogP contribution in [0.25, 0.3) is 10.8 Å². The fourth-order valence-electron chi connectivity index (χ4n) is 5.91. The zero-order chi connectivity index (χ0) is 35.0. The van der Waals surface area contributed by atoms with Crippen molar-refractivity contribution >= 4 is 34.3 Å². The summed E-state index contributed by atoms with van der Waals surface area (Å²) in [5, 5.41) is 10.9. The number of methoxy groups -OCH3 is 1. The van der Waals surface area contributed by atoms with Crippen LogP contribution in [0.2, 0.25) is 0 Å². The van der Waals surface area contributed by atoms with E-state index in [0.717, 1.165) is 27.5 Å². The van der Waals surface area contributed by atoms with Gasteiger partial charge < -0.3 is 25.4 Å². The Hall–Kier alpha value is -5.02. The minimum Gasteiger partial charge on any atom is -0.497 e. The molecule has 9 heteroatoms. The van der Waals surface area contributed by atoms with E-state index in [1.54, 1.807) is 26.2 Å². The van der Waals surface area contributed by atoms with Gasteiger partial charge in [0.1, 0.15) is 23.4 Å². The maximum Gasteiger partial charge on any atom is 0.243 e. The molecule has 49 heavy (non-hydrogen) atoms. The number of ether oxygens (including phenoxy) is 2. The molecule has 1 aliphatic rings. The quantitative estimate of drug-likeness (QED) is 0.149. The van der Waals surface area contributed by atoms with Gasteiger partial charge in [-0.2, -0.15) is 0 Å². The number of hydrogen-bond acceptors (Lipinski definition) is 6. The van der Waals surface area contributed by atoms with Crippen LogP contribution in [0.4, 0.5) is 0 Å². The minimum atomic E-state index is -1.01. The number of fused-ring (bicyclic) bond motifs is 1. The third-order valence-corrected chi connectivity index (χ3v) is 8.78. The molecule has 4 aromatic carbocycles. The van der Waals surface area contributed by atoms with Gasteiger partial charge in [0.05, 0.1) is 26.2 Å². The number of Topliss-reactive ketones (excluding diaryl/α,β-unsaturated/α-hetero) is 1. The van der Waals surface area contributed by atoms with Crippen molar-refractivity contribution in [2.75, 3.05) is 13.7 Å². The van der Waals surface area contributed by atoms with Crippen LogP contribution in [0, 0.1) is 5.92 Å². The van der Waals surface area contributed by atoms with Crippen LogP contribution in [-0.4, -0.2) is 60.9 Å². The van der Waals surface area contributed by atoms with Crippen molar-refractivity contribution in [3.63, 3.8) is 0 Å². The Morgan fingerprint density at radius 2 is 1.27 bits per heavy atom. The number of nitrogens with one attached hydrogen (secondary N) is 3. The summed E-state index contributed by atoms with van der Waals surface area (Å²) >= 11 is 0. The number of benzene rings is 4. The summed E-state index contributed by atoms with van der Waals surface area (Å²) in [7, 11) is 1.58. The first-order valence-electron chi connectivity index (χ1n) is 16.8. The standard InChI is InChI=1S/C40H45N3O6/c1-26(2)20-33(37(45)40(3)25-49-40)42-39(47)35(22-27-10-6-5-7-11-27)43-38(46)34(23-28-15-18-32(48-4)19-16-28)41-36(44)24-29-14-17-30-12-8-9-13-31(30)21-29/h5-19,21,26,33-35H,20,22-25H2,1-4H3,(H,41,44)(H,42,47)(H,43,46)/t33-,34-,35-,40+/m0/s1. The van der Waals surface area contributed by atoms with E-state index in [2.05, 4.69) is 16.0 Å². The molecule has 4 atom stereocenters. The normalized spacial score (nSPS) is 17.1. The Balaban J connectivity index is 1.37. The molecule has 0 unspecified atom stereocenters. The monoisotopic (exact) mass is 663 g/mol. The van der Waals surface area contributed by atoms with Gasteiger partial charge in [0.15, 0.2) is 5.78 Å². The van der Waals surface area contributed by atoms with Gasteiger partial charge in [0, 0.05) is 12.8 Å². The Morgan fingerprint density at radius 3 is 1.88 bits per heavy atom. The summed E-state index contributed by atoms with van der Waals surface area (Å²) in [6.07, 6.45) is 0.879. The average molecular weight is 664 g/mol. The molecule has 1 heterocycles. The lowest BCUT2D eigenvalue weighted by Gasteiger charge is -2.27. The summed E-state index contributed by atoms with van der Waals surface area (Å²) in [5.41, 5.74) is 1.54. The van der Waals surface area contributed by atoms with Crippen molar-refractivity contribution in [2.45, 2.75) is 70.2 Å². The molecule has 3 N–H and O–H groups in total. The molecule has 0 radical (unpaired) electrons. The summed E-state index contributed by atoms with van der Waals surface area (Å²) in [4.78, 5) is 54.8. The van der Waals surface area contributed by atoms with Crippen molar-refractivity contribution < 1.29 is 28.7 Å². The molecule has 0 aromatic heterocycles. The second-order valence-electron chi connectivity index (χ2n) is 13.4. The lowest BCUT2D eigenvalue weighted by atomic mass is 9.93. The number of amides is 3. The Kier molecular flexibility index (Phi) is 11.5. The number of epoxide rings is 1. The summed E-state index contributed by atoms with van der Waals surface area (Å²) in [5.74, 6) is -0.703. The van der Waals surface area contributed by atoms with Gasteiger partial charge in [0.25, 0.3) is 0 Å². The molecule has 3 amide bonds. The molecular formula is C40H45N3O6. The maximum atomic E-state index is 14.1. The number of carbonyl (C=O) groups is 4. The van der Waals surface area contributed by atoms with Crippen LogP contribution in [0.1, 0.15) is 43.9 Å². The molecule has 0 bridgehead atoms. The van der Waals surface area contributed by atoms with Crippen LogP contribution in [0.3, 0.4) is 0 Å². The van der Waals surface area contributed by atoms with Crippen LogP contribution in [0.15, 0.2) is 97.1 Å². The first-order chi connectivity index (χ1) is 23.5. The highest BCUT2D eigenvalue weighted by molar-refractivity contribution is 5.98. The molecule has 1 fully saturated rings. The third-order valence-electron chi connectivity index (χ3n) is 8.78. The fraction of sp³-hybridized carbons (Fsp3) is 0.350. The van der Waals surface area contributed by atoms with Crippen LogP contribution >= 0.6 is 0 Å². The van der Waals surface area contributed by atoms with E-state index in [-0.39, 0.29) is 36.9 Å². The third kappa shape index (κ3) is 9.76. The zero-order valence-electron chi connectivity index (χ0n) is 28.5. The van der Waals surface area contributed by atoms with Crippen LogP contribution < -0.4 is 20.7 Å². The van der Waals surface area contributed by atoms with Gasteiger partial charge in [0.2, 0.25) is 17.7 Å². The van der Waals surface area contributed by atoms with Gasteiger partial charge >= 0.3 is 0 Å². The summed E-state index contributed by atoms with van der Waals surface area (Å²) in [6, 6.07) is 27.6. The van der Waals surface area contributed by atoms with E-state index in [1.807, 2.05) is 98.8 Å². The first kappa shape index (κ1) is 35.3. The summed E-state index contributed by atoms with van der Waals surface area (Å²) in [6.45, 7) is 6.00. The number of ketones is 1. The van der Waals surface area contributed by atoms with Gasteiger partial charge in [-0.3, -0.25) is 19.2 Å². The molecule has 1 aliphatic heterocycles. The Morgan fingerprint density at radius 1 is 0.714 bits per heavy atom. The molecule has 0 spiro atoms. The van der Waals surface area contributed by atoms with Gasteiger partial charge in [-0.15, -0.1) is 0 Å². The molecule has 4 aromatic rings. The van der Waals surface area contributed by atoms with Crippen molar-refractivity contribution in [3.8, 4) is 5.75 Å². The molecular weight excluding hydrogens is 618 g/mol. The van der Waals surface area contributed by atoms with E-state index in [1.165, 1.54) is 0 Å². The van der Waals surface area contributed by atoms with Gasteiger partial charge in [-0.25, -0.2) is 0 Å². The number of carbonyl (C=O) groups excluding carboxylic acids is 4. The molecule has 0 saturated carbocycles. The fourth-order valence-corrected chi connectivity index (χ4v) is 5.91. The topological polar surface area (TPSA) is 126 Å². The van der Waals surface area contributed by atoms with Crippen LogP contribution in [0.5, 0.6) is 5.75 Å². The van der Waals surface area contributed by atoms with Crippen molar-refractivity contribution in [2.24, 2.45) is 5.92 Å². The predicted molar refractivity (Wildman–Crippen MR) is 189 cm³/mol. The second-order valence-corrected chi connectivity index (χ2v) is 13.4. The number of rotatable bonds is 16. The minimum absolute atomic E-state index is 0.0744. The maximum absolute atomic E-state index is 14.1. The Bertz CT molecular complexity index is 1770. The van der Waals surface area contributed by atoms with E-state index in [9.17, 15) is 19.2 Å². The average Bonchev–Trinajstić information content (AvgIpc) is 3.85. The molecule has 0 aliphatic carbocycles. The molecule has 5 rings (SSSR count). The lowest BCUT2D eigenvalue weighted by molar-refractivity contribution is -0.134. The number of hydrogen-bond donors (Lipinski definition) is 3. The van der Waals surface area contributed by atoms with Gasteiger partial charge in [-0.05, 0) is 58.9 Å². The van der Waals surface area contributed by atoms with Crippen molar-refractivity contribution in [3.05, 3.63) is 114 Å². The first-order valence-corrected chi connectivity index (χ1v) is 16.8. The highest BCUT2D eigenvalue weighted by Gasteiger charge is 2.50. The van der Waals surface area contributed by atoms with E-state index in [4.69, 9.17) is 9.47 Å². The summed E-state index contributed by atoms with van der Waals surface area (Å²) < 4.78 is 10.7. The van der Waals surface area contributed by atoms with E-state index < -0.39 is 35.5 Å². The Labute approximate surface area is 287 Å². The second kappa shape index (κ2) is 15.9. The molecule has 9 nitrogen and oxygen atoms in total. The molecule has 1 saturated heterocycles. The smallest absolute Gasteiger partial charge is 0.243 e.